The number of amides is 2. The van der Waals surface area contributed by atoms with Gasteiger partial charge in [-0.15, -0.1) is 0 Å². The van der Waals surface area contributed by atoms with E-state index in [0.29, 0.717) is 10.6 Å². The minimum atomic E-state index is -0.485. The van der Waals surface area contributed by atoms with Gasteiger partial charge in [0.15, 0.2) is 0 Å². The SMILES string of the molecule is O=C(NNC(=O)c1ccccc1Cl)C1=Cc2ccccc2OC1. The van der Waals surface area contributed by atoms with Crippen LogP contribution < -0.4 is 15.6 Å². The monoisotopic (exact) mass is 328 g/mol. The normalized spacial score (nSPS) is 12.5. The first kappa shape index (κ1) is 15.1. The fourth-order valence-electron chi connectivity index (χ4n) is 2.15. The number of hydrazine groups is 1. The summed E-state index contributed by atoms with van der Waals surface area (Å²) in [6.45, 7) is 0.144. The molecule has 1 heterocycles. The molecule has 0 fully saturated rings. The van der Waals surface area contributed by atoms with Crippen LogP contribution in [0.1, 0.15) is 15.9 Å². The van der Waals surface area contributed by atoms with Gasteiger partial charge < -0.3 is 4.74 Å². The molecular weight excluding hydrogens is 316 g/mol. The van der Waals surface area contributed by atoms with Crippen molar-refractivity contribution in [1.29, 1.82) is 0 Å². The Balaban J connectivity index is 1.66. The lowest BCUT2D eigenvalue weighted by Crippen LogP contribution is -2.43. The second-order valence-electron chi connectivity index (χ2n) is 4.88. The summed E-state index contributed by atoms with van der Waals surface area (Å²) < 4.78 is 5.50. The third-order valence-corrected chi connectivity index (χ3v) is 3.66. The van der Waals surface area contributed by atoms with Crippen molar-refractivity contribution in [2.75, 3.05) is 6.61 Å². The van der Waals surface area contributed by atoms with Gasteiger partial charge in [-0.2, -0.15) is 0 Å². The predicted molar refractivity (Wildman–Crippen MR) is 87.0 cm³/mol. The Kier molecular flexibility index (Phi) is 4.30. The molecule has 0 radical (unpaired) electrons. The van der Waals surface area contributed by atoms with E-state index in [9.17, 15) is 9.59 Å². The van der Waals surface area contributed by atoms with Gasteiger partial charge in [0.2, 0.25) is 0 Å². The first-order chi connectivity index (χ1) is 11.1. The molecule has 0 aliphatic carbocycles. The van der Waals surface area contributed by atoms with Crippen molar-refractivity contribution in [3.63, 3.8) is 0 Å². The zero-order valence-corrected chi connectivity index (χ0v) is 12.8. The summed E-state index contributed by atoms with van der Waals surface area (Å²) in [7, 11) is 0. The van der Waals surface area contributed by atoms with Crippen LogP contribution in [0.25, 0.3) is 6.08 Å². The van der Waals surface area contributed by atoms with E-state index in [0.717, 1.165) is 11.3 Å². The summed E-state index contributed by atoms with van der Waals surface area (Å²) in [5.74, 6) is -0.189. The van der Waals surface area contributed by atoms with Crippen molar-refractivity contribution in [3.05, 3.63) is 70.3 Å². The van der Waals surface area contributed by atoms with Crippen molar-refractivity contribution in [2.45, 2.75) is 0 Å². The van der Waals surface area contributed by atoms with Crippen LogP contribution in [0, 0.1) is 0 Å². The minimum absolute atomic E-state index is 0.144. The largest absolute Gasteiger partial charge is 0.488 e. The number of hydrogen-bond acceptors (Lipinski definition) is 3. The lowest BCUT2D eigenvalue weighted by atomic mass is 10.1. The van der Waals surface area contributed by atoms with Gasteiger partial charge in [-0.3, -0.25) is 20.4 Å². The molecule has 3 rings (SSSR count). The summed E-state index contributed by atoms with van der Waals surface area (Å²) in [4.78, 5) is 24.1. The van der Waals surface area contributed by atoms with Crippen molar-refractivity contribution >= 4 is 29.5 Å². The van der Waals surface area contributed by atoms with E-state index in [2.05, 4.69) is 10.9 Å². The maximum Gasteiger partial charge on any atom is 0.271 e. The molecule has 0 atom stereocenters. The minimum Gasteiger partial charge on any atom is -0.488 e. The van der Waals surface area contributed by atoms with E-state index >= 15 is 0 Å². The number of ether oxygens (including phenoxy) is 1. The van der Waals surface area contributed by atoms with E-state index in [1.165, 1.54) is 0 Å². The van der Waals surface area contributed by atoms with E-state index in [1.54, 1.807) is 30.3 Å². The maximum absolute atomic E-state index is 12.1. The molecule has 5 nitrogen and oxygen atoms in total. The summed E-state index contributed by atoms with van der Waals surface area (Å²) in [5.41, 5.74) is 6.23. The Bertz CT molecular complexity index is 802. The van der Waals surface area contributed by atoms with Crippen LogP contribution in [0.15, 0.2) is 54.1 Å². The predicted octanol–water partition coefficient (Wildman–Crippen LogP) is 2.58. The third-order valence-electron chi connectivity index (χ3n) is 3.33. The van der Waals surface area contributed by atoms with Gasteiger partial charge in [-0.1, -0.05) is 41.9 Å². The molecule has 0 spiro atoms. The van der Waals surface area contributed by atoms with Gasteiger partial charge in [0.25, 0.3) is 11.8 Å². The highest BCUT2D eigenvalue weighted by molar-refractivity contribution is 6.33. The van der Waals surface area contributed by atoms with Gasteiger partial charge >= 0.3 is 0 Å². The van der Waals surface area contributed by atoms with Crippen LogP contribution >= 0.6 is 11.6 Å². The van der Waals surface area contributed by atoms with Crippen LogP contribution in [0.5, 0.6) is 5.75 Å². The van der Waals surface area contributed by atoms with Crippen LogP contribution in [0.4, 0.5) is 0 Å². The summed E-state index contributed by atoms with van der Waals surface area (Å²) in [6, 6.07) is 14.0. The molecule has 2 amide bonds. The molecular formula is C17H13ClN2O3. The molecule has 0 saturated heterocycles. The number of halogens is 1. The molecule has 2 N–H and O–H groups in total. The number of fused-ring (bicyclic) bond motifs is 1. The van der Waals surface area contributed by atoms with E-state index in [-0.39, 0.29) is 12.2 Å². The number of rotatable bonds is 2. The average Bonchev–Trinajstić information content (AvgIpc) is 2.59. The van der Waals surface area contributed by atoms with Crippen molar-refractivity contribution in [2.24, 2.45) is 0 Å². The van der Waals surface area contributed by atoms with Gasteiger partial charge in [0.05, 0.1) is 16.2 Å². The fraction of sp³-hybridized carbons (Fsp3) is 0.0588. The van der Waals surface area contributed by atoms with Crippen LogP contribution in [-0.2, 0) is 4.79 Å². The summed E-state index contributed by atoms with van der Waals surface area (Å²) >= 11 is 5.93. The summed E-state index contributed by atoms with van der Waals surface area (Å²) in [6.07, 6.45) is 1.73. The highest BCUT2D eigenvalue weighted by Crippen LogP contribution is 2.25. The molecule has 0 unspecified atom stereocenters. The number of nitrogens with one attached hydrogen (secondary N) is 2. The molecule has 1 aliphatic rings. The van der Waals surface area contributed by atoms with Gasteiger partial charge in [0.1, 0.15) is 12.4 Å². The van der Waals surface area contributed by atoms with E-state index < -0.39 is 11.8 Å². The molecule has 23 heavy (non-hydrogen) atoms. The Labute approximate surface area is 137 Å². The Hall–Kier alpha value is -2.79. The summed E-state index contributed by atoms with van der Waals surface area (Å²) in [5, 5.41) is 0.313. The molecule has 116 valence electrons. The number of para-hydroxylation sites is 1. The Morgan fingerprint density at radius 3 is 2.48 bits per heavy atom. The van der Waals surface area contributed by atoms with Crippen molar-refractivity contribution in [3.8, 4) is 5.75 Å². The molecule has 0 bridgehead atoms. The van der Waals surface area contributed by atoms with E-state index in [4.69, 9.17) is 16.3 Å². The molecule has 2 aromatic carbocycles. The number of hydrogen-bond donors (Lipinski definition) is 2. The van der Waals surface area contributed by atoms with Crippen LogP contribution in [-0.4, -0.2) is 18.4 Å². The third kappa shape index (κ3) is 3.35. The number of benzene rings is 2. The molecule has 2 aromatic rings. The van der Waals surface area contributed by atoms with E-state index in [1.807, 2.05) is 24.3 Å². The zero-order chi connectivity index (χ0) is 16.2. The van der Waals surface area contributed by atoms with Crippen molar-refractivity contribution < 1.29 is 14.3 Å². The first-order valence-corrected chi connectivity index (χ1v) is 7.30. The zero-order valence-electron chi connectivity index (χ0n) is 12.0. The smallest absolute Gasteiger partial charge is 0.271 e. The fourth-order valence-corrected chi connectivity index (χ4v) is 2.38. The van der Waals surface area contributed by atoms with Gasteiger partial charge in [-0.25, -0.2) is 0 Å². The average molecular weight is 329 g/mol. The maximum atomic E-state index is 12.1. The molecule has 6 heteroatoms. The second kappa shape index (κ2) is 6.54. The standard InChI is InChI=1S/C17H13ClN2O3/c18-14-7-3-2-6-13(14)17(22)20-19-16(21)12-9-11-5-1-4-8-15(11)23-10-12/h1-9H,10H2,(H,19,21)(H,20,22). The van der Waals surface area contributed by atoms with Crippen molar-refractivity contribution in [1.82, 2.24) is 10.9 Å². The first-order valence-electron chi connectivity index (χ1n) is 6.93. The van der Waals surface area contributed by atoms with Crippen LogP contribution in [0.2, 0.25) is 5.02 Å². The Morgan fingerprint density at radius 2 is 1.65 bits per heavy atom. The lowest BCUT2D eigenvalue weighted by molar-refractivity contribution is -0.118. The topological polar surface area (TPSA) is 67.4 Å². The number of carbonyl (C=O) groups is 2. The Morgan fingerprint density at radius 1 is 0.957 bits per heavy atom. The molecule has 0 aromatic heterocycles. The van der Waals surface area contributed by atoms with Crippen LogP contribution in [0.3, 0.4) is 0 Å². The highest BCUT2D eigenvalue weighted by Gasteiger charge is 2.18. The highest BCUT2D eigenvalue weighted by atomic mass is 35.5. The quantitative estimate of drug-likeness (QED) is 0.833. The lowest BCUT2D eigenvalue weighted by Gasteiger charge is -2.17. The molecule has 1 aliphatic heterocycles. The van der Waals surface area contributed by atoms with Gasteiger partial charge in [0, 0.05) is 5.56 Å². The second-order valence-corrected chi connectivity index (χ2v) is 5.29. The number of carbonyl (C=O) groups excluding carboxylic acids is 2. The van der Waals surface area contributed by atoms with Gasteiger partial charge in [-0.05, 0) is 24.3 Å². The molecule has 0 saturated carbocycles.